The van der Waals surface area contributed by atoms with Crippen LogP contribution >= 0.6 is 11.6 Å². The summed E-state index contributed by atoms with van der Waals surface area (Å²) >= 11 is 5.66. The van der Waals surface area contributed by atoms with Gasteiger partial charge in [0.2, 0.25) is 0 Å². The number of anilines is 1. The number of aromatic nitrogens is 4. The van der Waals surface area contributed by atoms with Crippen LogP contribution in [0.4, 0.5) is 5.82 Å². The van der Waals surface area contributed by atoms with Crippen molar-refractivity contribution in [1.82, 2.24) is 19.6 Å². The molecular weight excluding hydrogens is 218 g/mol. The highest BCUT2D eigenvalue weighted by atomic mass is 35.5. The Morgan fingerprint density at radius 2 is 2.53 bits per heavy atom. The van der Waals surface area contributed by atoms with Crippen LogP contribution < -0.4 is 11.0 Å². The van der Waals surface area contributed by atoms with Crippen LogP contribution in [0.5, 0.6) is 0 Å². The fourth-order valence-electron chi connectivity index (χ4n) is 1.18. The van der Waals surface area contributed by atoms with Crippen LogP contribution in [-0.4, -0.2) is 31.5 Å². The van der Waals surface area contributed by atoms with Crippen LogP contribution in [-0.2, 0) is 0 Å². The van der Waals surface area contributed by atoms with Crippen molar-refractivity contribution in [3.05, 3.63) is 22.9 Å². The molecule has 0 aromatic carbocycles. The summed E-state index contributed by atoms with van der Waals surface area (Å²) in [5.74, 6) is 1.13. The van der Waals surface area contributed by atoms with Gasteiger partial charge in [-0.1, -0.05) is 0 Å². The number of fused-ring (bicyclic) bond motifs is 1. The molecule has 7 heteroatoms. The monoisotopic (exact) mass is 227 g/mol. The van der Waals surface area contributed by atoms with Crippen molar-refractivity contribution in [3.8, 4) is 0 Å². The maximum atomic E-state index is 11.1. The SMILES string of the molecule is CC(CCl)Nc1cc2n[nH]c(=O)n2cn1. The highest BCUT2D eigenvalue weighted by molar-refractivity contribution is 6.18. The van der Waals surface area contributed by atoms with Gasteiger partial charge in [0.1, 0.15) is 12.1 Å². The molecule has 0 aliphatic heterocycles. The second-order valence-corrected chi connectivity index (χ2v) is 3.54. The summed E-state index contributed by atoms with van der Waals surface area (Å²) in [4.78, 5) is 15.2. The first-order chi connectivity index (χ1) is 7.20. The fraction of sp³-hybridized carbons (Fsp3) is 0.375. The Hall–Kier alpha value is -1.56. The maximum absolute atomic E-state index is 11.1. The average Bonchev–Trinajstić information content (AvgIpc) is 2.60. The lowest BCUT2D eigenvalue weighted by molar-refractivity contribution is 0.890. The average molecular weight is 228 g/mol. The summed E-state index contributed by atoms with van der Waals surface area (Å²) in [6, 6.07) is 1.80. The molecule has 0 amide bonds. The van der Waals surface area contributed by atoms with Crippen LogP contribution in [0, 0.1) is 0 Å². The molecule has 2 heterocycles. The van der Waals surface area contributed by atoms with E-state index in [1.54, 1.807) is 6.07 Å². The van der Waals surface area contributed by atoms with E-state index in [9.17, 15) is 4.79 Å². The minimum absolute atomic E-state index is 0.118. The van der Waals surface area contributed by atoms with Crippen LogP contribution in [0.3, 0.4) is 0 Å². The molecule has 0 radical (unpaired) electrons. The zero-order valence-electron chi connectivity index (χ0n) is 8.07. The number of rotatable bonds is 3. The van der Waals surface area contributed by atoms with E-state index < -0.39 is 0 Å². The van der Waals surface area contributed by atoms with Gasteiger partial charge in [-0.15, -0.1) is 11.6 Å². The summed E-state index contributed by atoms with van der Waals surface area (Å²) in [5.41, 5.74) is 0.230. The molecule has 0 spiro atoms. The first kappa shape index (κ1) is 9.97. The van der Waals surface area contributed by atoms with Crippen molar-refractivity contribution in [2.75, 3.05) is 11.2 Å². The van der Waals surface area contributed by atoms with E-state index in [1.807, 2.05) is 6.92 Å². The second kappa shape index (κ2) is 3.90. The first-order valence-electron chi connectivity index (χ1n) is 4.46. The Balaban J connectivity index is 2.35. The Morgan fingerprint density at radius 3 is 3.27 bits per heavy atom. The smallest absolute Gasteiger partial charge is 0.348 e. The zero-order valence-corrected chi connectivity index (χ0v) is 8.82. The maximum Gasteiger partial charge on any atom is 0.348 e. The first-order valence-corrected chi connectivity index (χ1v) is 4.99. The second-order valence-electron chi connectivity index (χ2n) is 3.23. The molecule has 0 fully saturated rings. The van der Waals surface area contributed by atoms with Gasteiger partial charge in [0.15, 0.2) is 5.65 Å². The van der Waals surface area contributed by atoms with Crippen molar-refractivity contribution in [2.24, 2.45) is 0 Å². The number of hydrogen-bond donors (Lipinski definition) is 2. The summed E-state index contributed by atoms with van der Waals surface area (Å²) in [7, 11) is 0. The molecule has 2 aromatic heterocycles. The van der Waals surface area contributed by atoms with E-state index in [4.69, 9.17) is 11.6 Å². The fourth-order valence-corrected chi connectivity index (χ4v) is 1.26. The van der Waals surface area contributed by atoms with E-state index in [1.165, 1.54) is 10.7 Å². The Labute approximate surface area is 90.3 Å². The lowest BCUT2D eigenvalue weighted by Gasteiger charge is -2.10. The third kappa shape index (κ3) is 1.94. The van der Waals surface area contributed by atoms with Gasteiger partial charge >= 0.3 is 5.69 Å². The predicted molar refractivity (Wildman–Crippen MR) is 57.4 cm³/mol. The molecule has 6 nitrogen and oxygen atoms in total. The largest absolute Gasteiger partial charge is 0.366 e. The van der Waals surface area contributed by atoms with E-state index in [0.717, 1.165) is 0 Å². The van der Waals surface area contributed by atoms with Crippen molar-refractivity contribution in [1.29, 1.82) is 0 Å². The van der Waals surface area contributed by atoms with E-state index in [-0.39, 0.29) is 11.7 Å². The van der Waals surface area contributed by atoms with Crippen molar-refractivity contribution in [2.45, 2.75) is 13.0 Å². The normalized spacial score (nSPS) is 12.9. The molecule has 0 aliphatic rings. The number of nitrogens with zero attached hydrogens (tertiary/aromatic N) is 3. The van der Waals surface area contributed by atoms with Gasteiger partial charge in [-0.2, -0.15) is 5.10 Å². The van der Waals surface area contributed by atoms with E-state index in [0.29, 0.717) is 17.3 Å². The molecule has 0 aliphatic carbocycles. The van der Waals surface area contributed by atoms with Gasteiger partial charge in [-0.25, -0.2) is 19.3 Å². The van der Waals surface area contributed by atoms with Crippen molar-refractivity contribution < 1.29 is 0 Å². The van der Waals surface area contributed by atoms with Gasteiger partial charge in [0.25, 0.3) is 0 Å². The third-order valence-corrected chi connectivity index (χ3v) is 2.40. The summed E-state index contributed by atoms with van der Waals surface area (Å²) in [5, 5.41) is 9.24. The van der Waals surface area contributed by atoms with Gasteiger partial charge in [0.05, 0.1) is 0 Å². The number of H-pyrrole nitrogens is 1. The van der Waals surface area contributed by atoms with E-state index in [2.05, 4.69) is 20.5 Å². The Bertz CT molecular complexity index is 519. The molecule has 0 bridgehead atoms. The summed E-state index contributed by atoms with van der Waals surface area (Å²) in [6.45, 7) is 1.94. The van der Waals surface area contributed by atoms with Gasteiger partial charge < -0.3 is 5.32 Å². The zero-order chi connectivity index (χ0) is 10.8. The van der Waals surface area contributed by atoms with Crippen LogP contribution in [0.1, 0.15) is 6.92 Å². The molecule has 2 N–H and O–H groups in total. The predicted octanol–water partition coefficient (Wildman–Crippen LogP) is 0.457. The van der Waals surface area contributed by atoms with Gasteiger partial charge in [-0.3, -0.25) is 0 Å². The number of alkyl halides is 1. The van der Waals surface area contributed by atoms with Crippen LogP contribution in [0.25, 0.3) is 5.65 Å². The molecular formula is C8H10ClN5O. The molecule has 80 valence electrons. The molecule has 15 heavy (non-hydrogen) atoms. The minimum Gasteiger partial charge on any atom is -0.366 e. The quantitative estimate of drug-likeness (QED) is 0.747. The minimum atomic E-state index is -0.297. The lowest BCUT2D eigenvalue weighted by Crippen LogP contribution is -2.18. The summed E-state index contributed by atoms with van der Waals surface area (Å²) < 4.78 is 1.33. The number of aromatic amines is 1. The topological polar surface area (TPSA) is 75.1 Å². The molecule has 1 atom stereocenters. The molecule has 0 saturated carbocycles. The Morgan fingerprint density at radius 1 is 1.73 bits per heavy atom. The van der Waals surface area contributed by atoms with E-state index >= 15 is 0 Å². The summed E-state index contributed by atoms with van der Waals surface area (Å²) in [6.07, 6.45) is 1.42. The molecule has 2 aromatic rings. The number of nitrogens with one attached hydrogen (secondary N) is 2. The third-order valence-electron chi connectivity index (χ3n) is 1.94. The van der Waals surface area contributed by atoms with Crippen molar-refractivity contribution in [3.63, 3.8) is 0 Å². The van der Waals surface area contributed by atoms with Gasteiger partial charge in [0, 0.05) is 18.0 Å². The van der Waals surface area contributed by atoms with Crippen LogP contribution in [0.2, 0.25) is 0 Å². The van der Waals surface area contributed by atoms with Gasteiger partial charge in [-0.05, 0) is 6.92 Å². The highest BCUT2D eigenvalue weighted by Gasteiger charge is 2.04. The number of halogens is 1. The molecule has 1 unspecified atom stereocenters. The van der Waals surface area contributed by atoms with Crippen molar-refractivity contribution >= 4 is 23.1 Å². The highest BCUT2D eigenvalue weighted by Crippen LogP contribution is 2.06. The molecule has 2 rings (SSSR count). The Kier molecular flexibility index (Phi) is 2.59. The molecule has 0 saturated heterocycles. The standard InChI is InChI=1S/C8H10ClN5O/c1-5(3-9)11-6-2-7-12-13-8(15)14(7)4-10-6/h2,4-5,11H,3H2,1H3,(H,13,15). The lowest BCUT2D eigenvalue weighted by atomic mass is 10.4. The van der Waals surface area contributed by atoms with Crippen LogP contribution in [0.15, 0.2) is 17.2 Å². The number of hydrogen-bond acceptors (Lipinski definition) is 4.